The van der Waals surface area contributed by atoms with E-state index in [1.54, 1.807) is 20.9 Å². The lowest BCUT2D eigenvalue weighted by molar-refractivity contribution is -0.134. The molecule has 1 N–H and O–H groups in total. The van der Waals surface area contributed by atoms with Crippen molar-refractivity contribution in [1.82, 2.24) is 14.8 Å². The number of benzene rings is 1. The first kappa shape index (κ1) is 19.6. The van der Waals surface area contributed by atoms with Gasteiger partial charge in [-0.2, -0.15) is 0 Å². The first-order valence-corrected chi connectivity index (χ1v) is 8.85. The molecule has 2 aromatic rings. The minimum atomic E-state index is -0.300. The molecule has 1 fully saturated rings. The van der Waals surface area contributed by atoms with E-state index < -0.39 is 0 Å². The van der Waals surface area contributed by atoms with E-state index in [4.69, 9.17) is 0 Å². The fraction of sp³-hybridized carbons (Fsp3) is 0.412. The average molecular weight is 386 g/mol. The minimum absolute atomic E-state index is 0. The van der Waals surface area contributed by atoms with E-state index in [-0.39, 0.29) is 41.5 Å². The van der Waals surface area contributed by atoms with Gasteiger partial charge in [0.25, 0.3) is 0 Å². The van der Waals surface area contributed by atoms with Crippen LogP contribution in [0.15, 0.2) is 34.4 Å². The summed E-state index contributed by atoms with van der Waals surface area (Å²) in [6.45, 7) is 4.15. The normalized spacial score (nSPS) is 17.2. The number of aryl methyl sites for hydroxylation is 1. The third-order valence-corrected chi connectivity index (χ3v) is 5.20. The molecule has 25 heavy (non-hydrogen) atoms. The summed E-state index contributed by atoms with van der Waals surface area (Å²) in [5, 5.41) is 5.05. The molecule has 1 aliphatic rings. The van der Waals surface area contributed by atoms with E-state index in [2.05, 4.69) is 5.32 Å². The molecule has 0 radical (unpaired) electrons. The number of nitrogens with zero attached hydrogens (tertiary/aromatic N) is 2. The van der Waals surface area contributed by atoms with Crippen LogP contribution in [0.2, 0.25) is 0 Å². The van der Waals surface area contributed by atoms with Crippen LogP contribution in [-0.4, -0.2) is 35.0 Å². The summed E-state index contributed by atoms with van der Waals surface area (Å²) in [4.78, 5) is 26.2. The monoisotopic (exact) mass is 385 g/mol. The highest BCUT2D eigenvalue weighted by molar-refractivity contribution is 7.07. The van der Waals surface area contributed by atoms with Gasteiger partial charge in [0.1, 0.15) is 5.82 Å². The summed E-state index contributed by atoms with van der Waals surface area (Å²) in [6, 6.07) is 6.20. The second-order valence-corrected chi connectivity index (χ2v) is 6.73. The largest absolute Gasteiger partial charge is 0.333 e. The maximum Gasteiger partial charge on any atom is 0.307 e. The van der Waals surface area contributed by atoms with Gasteiger partial charge in [0.05, 0.1) is 6.04 Å². The lowest BCUT2D eigenvalue weighted by Gasteiger charge is -2.36. The molecule has 5 nitrogen and oxygen atoms in total. The fourth-order valence-corrected chi connectivity index (χ4v) is 3.80. The highest BCUT2D eigenvalue weighted by atomic mass is 35.5. The zero-order valence-corrected chi connectivity index (χ0v) is 15.5. The molecule has 1 aliphatic heterocycles. The lowest BCUT2D eigenvalue weighted by atomic mass is 10.0. The van der Waals surface area contributed by atoms with Gasteiger partial charge in [0.15, 0.2) is 0 Å². The summed E-state index contributed by atoms with van der Waals surface area (Å²) in [7, 11) is 0. The predicted octanol–water partition coefficient (Wildman–Crippen LogP) is 2.34. The van der Waals surface area contributed by atoms with Crippen LogP contribution in [0.4, 0.5) is 4.39 Å². The van der Waals surface area contributed by atoms with Gasteiger partial charge in [0, 0.05) is 43.7 Å². The Morgan fingerprint density at radius 3 is 2.92 bits per heavy atom. The van der Waals surface area contributed by atoms with Crippen LogP contribution >= 0.6 is 23.7 Å². The van der Waals surface area contributed by atoms with Crippen LogP contribution in [0, 0.1) is 12.7 Å². The minimum Gasteiger partial charge on any atom is -0.333 e. The topological polar surface area (TPSA) is 54.3 Å². The third kappa shape index (κ3) is 4.48. The quantitative estimate of drug-likeness (QED) is 0.878. The molecule has 1 aromatic heterocycles. The number of thiazole rings is 1. The maximum atomic E-state index is 13.5. The molecule has 8 heteroatoms. The Hall–Kier alpha value is -1.70. The van der Waals surface area contributed by atoms with E-state index >= 15 is 0 Å². The summed E-state index contributed by atoms with van der Waals surface area (Å²) in [5.41, 5.74) is 1.67. The second kappa shape index (κ2) is 8.60. The van der Waals surface area contributed by atoms with Gasteiger partial charge in [-0.25, -0.2) is 4.39 Å². The first-order valence-electron chi connectivity index (χ1n) is 7.97. The summed E-state index contributed by atoms with van der Waals surface area (Å²) < 4.78 is 15.1. The second-order valence-electron chi connectivity index (χ2n) is 5.91. The zero-order chi connectivity index (χ0) is 17.1. The van der Waals surface area contributed by atoms with Crippen molar-refractivity contribution in [2.24, 2.45) is 0 Å². The highest BCUT2D eigenvalue weighted by Crippen LogP contribution is 2.23. The number of nitrogens with one attached hydrogen (secondary N) is 1. The average Bonchev–Trinajstić information content (AvgIpc) is 2.91. The van der Waals surface area contributed by atoms with Gasteiger partial charge in [-0.1, -0.05) is 23.5 Å². The van der Waals surface area contributed by atoms with Crippen molar-refractivity contribution < 1.29 is 9.18 Å². The Morgan fingerprint density at radius 1 is 1.44 bits per heavy atom. The van der Waals surface area contributed by atoms with Crippen LogP contribution in [0.1, 0.15) is 23.7 Å². The maximum absolute atomic E-state index is 13.5. The lowest BCUT2D eigenvalue weighted by Crippen LogP contribution is -2.49. The SMILES string of the molecule is Cc1csc(=O)n1CCC(=O)N1CCNCC1c1cccc(F)c1.Cl. The van der Waals surface area contributed by atoms with Crippen LogP contribution in [0.5, 0.6) is 0 Å². The number of carbonyl (C=O) groups is 1. The summed E-state index contributed by atoms with van der Waals surface area (Å²) >= 11 is 1.15. The van der Waals surface area contributed by atoms with Crippen LogP contribution < -0.4 is 10.2 Å². The number of aromatic nitrogens is 1. The number of hydrogen-bond acceptors (Lipinski definition) is 4. The molecule has 1 atom stereocenters. The number of carbonyl (C=O) groups excluding carboxylic acids is 1. The smallest absolute Gasteiger partial charge is 0.307 e. The van der Waals surface area contributed by atoms with E-state index in [9.17, 15) is 14.0 Å². The molecule has 2 heterocycles. The van der Waals surface area contributed by atoms with Crippen LogP contribution in [-0.2, 0) is 11.3 Å². The Balaban J connectivity index is 0.00000225. The van der Waals surface area contributed by atoms with Gasteiger partial charge in [-0.3, -0.25) is 9.59 Å². The van der Waals surface area contributed by atoms with Crippen molar-refractivity contribution >= 4 is 29.7 Å². The first-order chi connectivity index (χ1) is 11.6. The number of rotatable bonds is 4. The number of hydrogen-bond donors (Lipinski definition) is 1. The molecule has 1 aromatic carbocycles. The molecule has 1 saturated heterocycles. The predicted molar refractivity (Wildman–Crippen MR) is 98.9 cm³/mol. The van der Waals surface area contributed by atoms with Crippen LogP contribution in [0.25, 0.3) is 0 Å². The number of halogens is 2. The van der Waals surface area contributed by atoms with Crippen molar-refractivity contribution in [1.29, 1.82) is 0 Å². The van der Waals surface area contributed by atoms with Crippen molar-refractivity contribution in [3.05, 3.63) is 56.4 Å². The van der Waals surface area contributed by atoms with Crippen LogP contribution in [0.3, 0.4) is 0 Å². The van der Waals surface area contributed by atoms with Gasteiger partial charge >= 0.3 is 4.87 Å². The molecule has 0 saturated carbocycles. The van der Waals surface area contributed by atoms with Crippen molar-refractivity contribution in [3.8, 4) is 0 Å². The van der Waals surface area contributed by atoms with Gasteiger partial charge in [-0.15, -0.1) is 12.4 Å². The number of piperazine rings is 1. The summed E-state index contributed by atoms with van der Waals surface area (Å²) in [5.74, 6) is -0.311. The van der Waals surface area contributed by atoms with Crippen molar-refractivity contribution in [3.63, 3.8) is 0 Å². The molecule has 1 unspecified atom stereocenters. The Morgan fingerprint density at radius 2 is 2.24 bits per heavy atom. The molecule has 1 amide bonds. The Kier molecular flexibility index (Phi) is 6.75. The van der Waals surface area contributed by atoms with E-state index in [1.807, 2.05) is 13.0 Å². The molecule has 0 bridgehead atoms. The Labute approximate surface area is 155 Å². The van der Waals surface area contributed by atoms with Gasteiger partial charge in [-0.05, 0) is 24.6 Å². The highest BCUT2D eigenvalue weighted by Gasteiger charge is 2.27. The fourth-order valence-electron chi connectivity index (χ4n) is 3.04. The molecule has 3 rings (SSSR count). The van der Waals surface area contributed by atoms with Crippen molar-refractivity contribution in [2.45, 2.75) is 25.9 Å². The molecular formula is C17H21ClFN3O2S. The van der Waals surface area contributed by atoms with Gasteiger partial charge < -0.3 is 14.8 Å². The summed E-state index contributed by atoms with van der Waals surface area (Å²) in [6.07, 6.45) is 0.267. The molecule has 0 spiro atoms. The van der Waals surface area contributed by atoms with Gasteiger partial charge in [0.2, 0.25) is 5.91 Å². The molecular weight excluding hydrogens is 365 g/mol. The van der Waals surface area contributed by atoms with E-state index in [0.717, 1.165) is 29.1 Å². The third-order valence-electron chi connectivity index (χ3n) is 4.32. The van der Waals surface area contributed by atoms with E-state index in [1.165, 1.54) is 12.1 Å². The van der Waals surface area contributed by atoms with Crippen molar-refractivity contribution in [2.75, 3.05) is 19.6 Å². The molecule has 136 valence electrons. The standard InChI is InChI=1S/C17H20FN3O2S.ClH/c1-12-11-24-17(23)20(12)7-5-16(22)21-8-6-19-10-15(21)13-3-2-4-14(18)9-13;/h2-4,9,11,15,19H,5-8,10H2,1H3;1H. The van der Waals surface area contributed by atoms with E-state index in [0.29, 0.717) is 19.6 Å². The molecule has 0 aliphatic carbocycles. The number of amides is 1. The zero-order valence-electron chi connectivity index (χ0n) is 13.9. The Bertz CT molecular complexity index is 792.